The van der Waals surface area contributed by atoms with Crippen LogP contribution in [0, 0.1) is 0 Å². The zero-order valence-electron chi connectivity index (χ0n) is 9.07. The van der Waals surface area contributed by atoms with Crippen molar-refractivity contribution in [2.24, 2.45) is 5.73 Å². The molecule has 0 spiro atoms. The first kappa shape index (κ1) is 9.81. The maximum Gasteiger partial charge on any atom is 0.181 e. The Bertz CT molecular complexity index is 502. The van der Waals surface area contributed by atoms with Gasteiger partial charge in [-0.25, -0.2) is 4.98 Å². The van der Waals surface area contributed by atoms with Gasteiger partial charge in [0.1, 0.15) is 5.52 Å². The molecule has 0 unspecified atom stereocenters. The SMILES string of the molecule is NC1(CNCc2ccc3ncoc3c2)CC1. The Morgan fingerprint density at radius 1 is 1.44 bits per heavy atom. The van der Waals surface area contributed by atoms with E-state index in [0.29, 0.717) is 0 Å². The van der Waals surface area contributed by atoms with E-state index in [9.17, 15) is 0 Å². The normalized spacial score (nSPS) is 17.8. The fraction of sp³-hybridized carbons (Fsp3) is 0.417. The first-order valence-corrected chi connectivity index (χ1v) is 5.57. The fourth-order valence-electron chi connectivity index (χ4n) is 1.80. The van der Waals surface area contributed by atoms with Crippen molar-refractivity contribution in [1.82, 2.24) is 10.3 Å². The highest BCUT2D eigenvalue weighted by Gasteiger charge is 2.37. The van der Waals surface area contributed by atoms with Gasteiger partial charge in [0.25, 0.3) is 0 Å². The largest absolute Gasteiger partial charge is 0.443 e. The molecular formula is C12H15N3O. The van der Waals surface area contributed by atoms with Gasteiger partial charge in [-0.3, -0.25) is 0 Å². The van der Waals surface area contributed by atoms with Crippen LogP contribution in [0.25, 0.3) is 11.1 Å². The third kappa shape index (κ3) is 1.94. The molecule has 1 heterocycles. The Labute approximate surface area is 93.8 Å². The molecule has 0 saturated heterocycles. The van der Waals surface area contributed by atoms with Crippen LogP contribution in [0.4, 0.5) is 0 Å². The van der Waals surface area contributed by atoms with E-state index in [2.05, 4.69) is 16.4 Å². The maximum absolute atomic E-state index is 5.99. The summed E-state index contributed by atoms with van der Waals surface area (Å²) in [7, 11) is 0. The number of nitrogens with one attached hydrogen (secondary N) is 1. The number of oxazole rings is 1. The standard InChI is InChI=1S/C12H15N3O/c13-12(3-4-12)7-14-6-9-1-2-10-11(5-9)16-8-15-10/h1-2,5,8,14H,3-4,6-7,13H2. The number of hydrogen-bond donors (Lipinski definition) is 2. The van der Waals surface area contributed by atoms with Crippen LogP contribution in [0.15, 0.2) is 29.0 Å². The fourth-order valence-corrected chi connectivity index (χ4v) is 1.80. The van der Waals surface area contributed by atoms with Crippen LogP contribution in [0.5, 0.6) is 0 Å². The smallest absolute Gasteiger partial charge is 0.181 e. The number of fused-ring (bicyclic) bond motifs is 1. The number of nitrogens with zero attached hydrogens (tertiary/aromatic N) is 1. The Kier molecular flexibility index (Phi) is 2.19. The minimum Gasteiger partial charge on any atom is -0.443 e. The highest BCUT2D eigenvalue weighted by Crippen LogP contribution is 2.31. The molecule has 0 aliphatic heterocycles. The minimum atomic E-state index is 0.0658. The molecule has 0 atom stereocenters. The van der Waals surface area contributed by atoms with Crippen LogP contribution in [0.1, 0.15) is 18.4 Å². The van der Waals surface area contributed by atoms with Gasteiger partial charge < -0.3 is 15.5 Å². The number of nitrogens with two attached hydrogens (primary N) is 1. The second-order valence-corrected chi connectivity index (χ2v) is 4.62. The molecule has 1 aliphatic rings. The molecule has 2 aromatic rings. The molecule has 3 N–H and O–H groups in total. The lowest BCUT2D eigenvalue weighted by molar-refractivity contribution is 0.568. The first-order valence-electron chi connectivity index (χ1n) is 5.57. The predicted molar refractivity (Wildman–Crippen MR) is 61.9 cm³/mol. The molecule has 16 heavy (non-hydrogen) atoms. The monoisotopic (exact) mass is 217 g/mol. The molecule has 4 heteroatoms. The number of aromatic nitrogens is 1. The number of hydrogen-bond acceptors (Lipinski definition) is 4. The third-order valence-electron chi connectivity index (χ3n) is 3.09. The summed E-state index contributed by atoms with van der Waals surface area (Å²) in [6, 6.07) is 6.06. The van der Waals surface area contributed by atoms with Gasteiger partial charge in [-0.2, -0.15) is 0 Å². The van der Waals surface area contributed by atoms with Gasteiger partial charge >= 0.3 is 0 Å². The van der Waals surface area contributed by atoms with Crippen LogP contribution in [-0.2, 0) is 6.54 Å². The molecule has 1 aromatic carbocycles. The Morgan fingerprint density at radius 2 is 2.31 bits per heavy atom. The summed E-state index contributed by atoms with van der Waals surface area (Å²) in [4.78, 5) is 4.08. The number of benzene rings is 1. The van der Waals surface area contributed by atoms with Gasteiger partial charge in [0.15, 0.2) is 12.0 Å². The second-order valence-electron chi connectivity index (χ2n) is 4.62. The van der Waals surface area contributed by atoms with Crippen LogP contribution < -0.4 is 11.1 Å². The summed E-state index contributed by atoms with van der Waals surface area (Å²) >= 11 is 0. The second kappa shape index (κ2) is 3.57. The summed E-state index contributed by atoms with van der Waals surface area (Å²) in [6.45, 7) is 1.72. The van der Waals surface area contributed by atoms with E-state index in [1.165, 1.54) is 12.0 Å². The summed E-state index contributed by atoms with van der Waals surface area (Å²) in [6.07, 6.45) is 3.75. The van der Waals surface area contributed by atoms with E-state index in [0.717, 1.165) is 37.0 Å². The predicted octanol–water partition coefficient (Wildman–Crippen LogP) is 1.41. The van der Waals surface area contributed by atoms with Gasteiger partial charge in [-0.1, -0.05) is 6.07 Å². The molecule has 1 aromatic heterocycles. The van der Waals surface area contributed by atoms with Crippen molar-refractivity contribution >= 4 is 11.1 Å². The third-order valence-corrected chi connectivity index (χ3v) is 3.09. The topological polar surface area (TPSA) is 64.1 Å². The van der Waals surface area contributed by atoms with Gasteiger partial charge in [0.05, 0.1) is 0 Å². The highest BCUT2D eigenvalue weighted by molar-refractivity contribution is 5.72. The zero-order chi connectivity index (χ0) is 11.0. The average molecular weight is 217 g/mol. The number of rotatable bonds is 4. The van der Waals surface area contributed by atoms with Crippen molar-refractivity contribution in [1.29, 1.82) is 0 Å². The zero-order valence-corrected chi connectivity index (χ0v) is 9.07. The van der Waals surface area contributed by atoms with Crippen molar-refractivity contribution in [2.75, 3.05) is 6.54 Å². The summed E-state index contributed by atoms with van der Waals surface area (Å²) in [5.41, 5.74) is 9.01. The van der Waals surface area contributed by atoms with Crippen LogP contribution in [0.2, 0.25) is 0 Å². The molecule has 1 saturated carbocycles. The first-order chi connectivity index (χ1) is 7.75. The Morgan fingerprint density at radius 3 is 3.12 bits per heavy atom. The van der Waals surface area contributed by atoms with Crippen molar-refractivity contribution in [3.05, 3.63) is 30.2 Å². The van der Waals surface area contributed by atoms with E-state index in [1.54, 1.807) is 0 Å². The van der Waals surface area contributed by atoms with Gasteiger partial charge in [-0.15, -0.1) is 0 Å². The molecule has 4 nitrogen and oxygen atoms in total. The Hall–Kier alpha value is -1.39. The lowest BCUT2D eigenvalue weighted by Crippen LogP contribution is -2.35. The van der Waals surface area contributed by atoms with Crippen molar-refractivity contribution in [2.45, 2.75) is 24.9 Å². The molecule has 1 fully saturated rings. The molecule has 0 radical (unpaired) electrons. The quantitative estimate of drug-likeness (QED) is 0.812. The van der Waals surface area contributed by atoms with E-state index in [1.807, 2.05) is 12.1 Å². The molecule has 0 amide bonds. The molecule has 1 aliphatic carbocycles. The summed E-state index contributed by atoms with van der Waals surface area (Å²) in [5, 5.41) is 3.37. The molecule has 0 bridgehead atoms. The minimum absolute atomic E-state index is 0.0658. The Balaban J connectivity index is 1.64. The van der Waals surface area contributed by atoms with Crippen molar-refractivity contribution < 1.29 is 4.42 Å². The van der Waals surface area contributed by atoms with Crippen LogP contribution in [0.3, 0.4) is 0 Å². The lowest BCUT2D eigenvalue weighted by Gasteiger charge is -2.09. The van der Waals surface area contributed by atoms with Crippen LogP contribution in [-0.4, -0.2) is 17.1 Å². The van der Waals surface area contributed by atoms with Crippen molar-refractivity contribution in [3.8, 4) is 0 Å². The molecule has 3 rings (SSSR count). The molecular weight excluding hydrogens is 202 g/mol. The van der Waals surface area contributed by atoms with Crippen LogP contribution >= 0.6 is 0 Å². The van der Waals surface area contributed by atoms with E-state index in [-0.39, 0.29) is 5.54 Å². The summed E-state index contributed by atoms with van der Waals surface area (Å²) in [5.74, 6) is 0. The van der Waals surface area contributed by atoms with E-state index < -0.39 is 0 Å². The maximum atomic E-state index is 5.99. The van der Waals surface area contributed by atoms with Crippen molar-refractivity contribution in [3.63, 3.8) is 0 Å². The lowest BCUT2D eigenvalue weighted by atomic mass is 10.2. The highest BCUT2D eigenvalue weighted by atomic mass is 16.3. The van der Waals surface area contributed by atoms with Gasteiger partial charge in [0, 0.05) is 18.6 Å². The average Bonchev–Trinajstić information content (AvgIpc) is 2.84. The molecule has 84 valence electrons. The van der Waals surface area contributed by atoms with Gasteiger partial charge in [0.2, 0.25) is 0 Å². The summed E-state index contributed by atoms with van der Waals surface area (Å²) < 4.78 is 5.25. The van der Waals surface area contributed by atoms with E-state index in [4.69, 9.17) is 10.2 Å². The van der Waals surface area contributed by atoms with Gasteiger partial charge in [-0.05, 0) is 30.5 Å². The van der Waals surface area contributed by atoms with E-state index >= 15 is 0 Å².